The van der Waals surface area contributed by atoms with E-state index in [9.17, 15) is 0 Å². The highest BCUT2D eigenvalue weighted by molar-refractivity contribution is 7.09. The molecule has 1 saturated heterocycles. The zero-order valence-corrected chi connectivity index (χ0v) is 11.4. The summed E-state index contributed by atoms with van der Waals surface area (Å²) in [5.74, 6) is 0. The topological polar surface area (TPSA) is 37.4 Å². The molecule has 2 heterocycles. The number of thiazole rings is 1. The minimum absolute atomic E-state index is 0.502. The summed E-state index contributed by atoms with van der Waals surface area (Å²) in [6.07, 6.45) is 0. The fourth-order valence-electron chi connectivity index (χ4n) is 1.94. The minimum Gasteiger partial charge on any atom is -0.379 e. The van der Waals surface area contributed by atoms with E-state index in [-0.39, 0.29) is 0 Å². The quantitative estimate of drug-likeness (QED) is 0.864. The lowest BCUT2D eigenvalue weighted by Gasteiger charge is -2.32. The van der Waals surface area contributed by atoms with Gasteiger partial charge in [-0.1, -0.05) is 6.92 Å². The highest BCUT2D eigenvalue weighted by Gasteiger charge is 2.19. The molecular weight excluding hydrogens is 234 g/mol. The maximum absolute atomic E-state index is 5.44. The van der Waals surface area contributed by atoms with Gasteiger partial charge in [0.25, 0.3) is 0 Å². The summed E-state index contributed by atoms with van der Waals surface area (Å²) in [7, 11) is 0. The summed E-state index contributed by atoms with van der Waals surface area (Å²) in [6.45, 7) is 9.87. The van der Waals surface area contributed by atoms with Gasteiger partial charge in [-0.25, -0.2) is 4.98 Å². The Labute approximate surface area is 107 Å². The number of aromatic nitrogens is 1. The molecule has 1 aromatic heterocycles. The summed E-state index contributed by atoms with van der Waals surface area (Å²) in [5.41, 5.74) is 1.19. The van der Waals surface area contributed by atoms with E-state index >= 15 is 0 Å². The number of hydrogen-bond donors (Lipinski definition) is 1. The zero-order valence-electron chi connectivity index (χ0n) is 10.6. The third kappa shape index (κ3) is 3.74. The smallest absolute Gasteiger partial charge is 0.107 e. The van der Waals surface area contributed by atoms with Crippen LogP contribution in [0.3, 0.4) is 0 Å². The second-order valence-corrected chi connectivity index (χ2v) is 5.35. The van der Waals surface area contributed by atoms with Gasteiger partial charge in [-0.3, -0.25) is 4.90 Å². The van der Waals surface area contributed by atoms with Crippen LogP contribution in [0.15, 0.2) is 5.38 Å². The van der Waals surface area contributed by atoms with Crippen LogP contribution in [0.25, 0.3) is 0 Å². The summed E-state index contributed by atoms with van der Waals surface area (Å²) in [4.78, 5) is 7.09. The molecule has 4 nitrogen and oxygen atoms in total. The molecule has 1 aliphatic rings. The Kier molecular flexibility index (Phi) is 4.91. The fraction of sp³-hybridized carbons (Fsp3) is 0.750. The normalized spacial score (nSPS) is 21.9. The molecule has 0 radical (unpaired) electrons. The molecule has 17 heavy (non-hydrogen) atoms. The molecule has 1 atom stereocenters. The summed E-state index contributed by atoms with van der Waals surface area (Å²) in [6, 6.07) is 0.502. The Hall–Kier alpha value is -0.490. The number of morpholine rings is 1. The first-order valence-electron chi connectivity index (χ1n) is 6.25. The Morgan fingerprint density at radius 2 is 2.53 bits per heavy atom. The standard InChI is InChI=1S/C12H21N3OS/c1-3-13-6-12-14-11(9-17-12)7-15-4-5-16-8-10(15)2/h9-10,13H,3-8H2,1-2H3. The number of rotatable bonds is 5. The van der Waals surface area contributed by atoms with E-state index in [0.717, 1.165) is 39.4 Å². The number of hydrogen-bond acceptors (Lipinski definition) is 5. The van der Waals surface area contributed by atoms with Crippen molar-refractivity contribution in [2.75, 3.05) is 26.3 Å². The van der Waals surface area contributed by atoms with Gasteiger partial charge in [0.2, 0.25) is 0 Å². The van der Waals surface area contributed by atoms with Crippen LogP contribution in [0.4, 0.5) is 0 Å². The average Bonchev–Trinajstić information content (AvgIpc) is 2.77. The third-order valence-electron chi connectivity index (χ3n) is 3.00. The van der Waals surface area contributed by atoms with Gasteiger partial charge in [-0.05, 0) is 13.5 Å². The Bertz CT molecular complexity index is 342. The van der Waals surface area contributed by atoms with Gasteiger partial charge in [0.05, 0.1) is 18.9 Å². The maximum Gasteiger partial charge on any atom is 0.107 e. The highest BCUT2D eigenvalue weighted by Crippen LogP contribution is 2.15. The Morgan fingerprint density at radius 1 is 1.65 bits per heavy atom. The first-order valence-corrected chi connectivity index (χ1v) is 7.13. The molecule has 0 bridgehead atoms. The van der Waals surface area contributed by atoms with Crippen LogP contribution in [-0.4, -0.2) is 42.2 Å². The molecule has 96 valence electrons. The second kappa shape index (κ2) is 6.44. The maximum atomic E-state index is 5.44. The van der Waals surface area contributed by atoms with Crippen molar-refractivity contribution in [1.29, 1.82) is 0 Å². The Morgan fingerprint density at radius 3 is 3.29 bits per heavy atom. The molecular formula is C12H21N3OS. The van der Waals surface area contributed by atoms with Gasteiger partial charge in [0.15, 0.2) is 0 Å². The molecule has 1 N–H and O–H groups in total. The van der Waals surface area contributed by atoms with Gasteiger partial charge in [0.1, 0.15) is 5.01 Å². The van der Waals surface area contributed by atoms with Gasteiger partial charge in [-0.2, -0.15) is 0 Å². The van der Waals surface area contributed by atoms with E-state index in [1.165, 1.54) is 10.7 Å². The van der Waals surface area contributed by atoms with E-state index in [0.29, 0.717) is 6.04 Å². The molecule has 1 aromatic rings. The van der Waals surface area contributed by atoms with Crippen molar-refractivity contribution in [2.45, 2.75) is 33.0 Å². The number of ether oxygens (including phenoxy) is 1. The van der Waals surface area contributed by atoms with E-state index in [1.807, 2.05) is 0 Å². The van der Waals surface area contributed by atoms with Crippen LogP contribution >= 0.6 is 11.3 Å². The highest BCUT2D eigenvalue weighted by atomic mass is 32.1. The second-order valence-electron chi connectivity index (χ2n) is 4.41. The van der Waals surface area contributed by atoms with Gasteiger partial charge >= 0.3 is 0 Å². The van der Waals surface area contributed by atoms with Gasteiger partial charge in [-0.15, -0.1) is 11.3 Å². The SMILES string of the molecule is CCNCc1nc(CN2CCOCC2C)cs1. The predicted octanol–water partition coefficient (Wildman–Crippen LogP) is 1.47. The number of nitrogens with one attached hydrogen (secondary N) is 1. The first kappa shape index (κ1) is 13.0. The monoisotopic (exact) mass is 255 g/mol. The van der Waals surface area contributed by atoms with Crippen molar-refractivity contribution in [3.8, 4) is 0 Å². The van der Waals surface area contributed by atoms with Crippen molar-refractivity contribution in [3.63, 3.8) is 0 Å². The van der Waals surface area contributed by atoms with Crippen LogP contribution in [0, 0.1) is 0 Å². The molecule has 0 amide bonds. The van der Waals surface area contributed by atoms with E-state index in [2.05, 4.69) is 34.4 Å². The predicted molar refractivity (Wildman–Crippen MR) is 70.2 cm³/mol. The molecule has 0 saturated carbocycles. The molecule has 0 spiro atoms. The molecule has 0 aromatic carbocycles. The molecule has 5 heteroatoms. The minimum atomic E-state index is 0.502. The van der Waals surface area contributed by atoms with Crippen molar-refractivity contribution in [3.05, 3.63) is 16.1 Å². The molecule has 1 unspecified atom stereocenters. The van der Waals surface area contributed by atoms with E-state index in [1.54, 1.807) is 11.3 Å². The lowest BCUT2D eigenvalue weighted by Crippen LogP contribution is -2.42. The summed E-state index contributed by atoms with van der Waals surface area (Å²) >= 11 is 1.75. The summed E-state index contributed by atoms with van der Waals surface area (Å²) in [5, 5.41) is 6.66. The molecule has 2 rings (SSSR count). The molecule has 0 aliphatic carbocycles. The largest absolute Gasteiger partial charge is 0.379 e. The van der Waals surface area contributed by atoms with Gasteiger partial charge < -0.3 is 10.1 Å². The number of nitrogens with zero attached hydrogens (tertiary/aromatic N) is 2. The van der Waals surface area contributed by atoms with Crippen LogP contribution < -0.4 is 5.32 Å². The fourth-order valence-corrected chi connectivity index (χ4v) is 2.69. The first-order chi connectivity index (χ1) is 8.29. The van der Waals surface area contributed by atoms with Crippen LogP contribution in [0.5, 0.6) is 0 Å². The van der Waals surface area contributed by atoms with Crippen LogP contribution in [0.2, 0.25) is 0 Å². The van der Waals surface area contributed by atoms with Crippen LogP contribution in [-0.2, 0) is 17.8 Å². The van der Waals surface area contributed by atoms with Gasteiger partial charge in [0, 0.05) is 31.1 Å². The van der Waals surface area contributed by atoms with Crippen molar-refractivity contribution >= 4 is 11.3 Å². The van der Waals surface area contributed by atoms with E-state index in [4.69, 9.17) is 4.74 Å². The van der Waals surface area contributed by atoms with Crippen molar-refractivity contribution in [2.24, 2.45) is 0 Å². The third-order valence-corrected chi connectivity index (χ3v) is 3.89. The van der Waals surface area contributed by atoms with Crippen molar-refractivity contribution in [1.82, 2.24) is 15.2 Å². The summed E-state index contributed by atoms with van der Waals surface area (Å²) < 4.78 is 5.44. The zero-order chi connectivity index (χ0) is 12.1. The van der Waals surface area contributed by atoms with Crippen molar-refractivity contribution < 1.29 is 4.74 Å². The Balaban J connectivity index is 1.87. The lowest BCUT2D eigenvalue weighted by molar-refractivity contribution is -0.00484. The lowest BCUT2D eigenvalue weighted by atomic mass is 10.2. The van der Waals surface area contributed by atoms with Crippen LogP contribution in [0.1, 0.15) is 24.5 Å². The molecule has 1 aliphatic heterocycles. The van der Waals surface area contributed by atoms with E-state index < -0.39 is 0 Å². The molecule has 1 fully saturated rings. The average molecular weight is 255 g/mol.